The number of likely N-dealkylation sites (N-methyl/N-ethyl adjacent to an activating group) is 1. The third kappa shape index (κ3) is 5.75. The zero-order valence-electron chi connectivity index (χ0n) is 14.7. The van der Waals surface area contributed by atoms with Gasteiger partial charge in [-0.1, -0.05) is 6.07 Å². The molecule has 9 heteroatoms. The average molecular weight is 370 g/mol. The van der Waals surface area contributed by atoms with Crippen molar-refractivity contribution in [1.29, 1.82) is 0 Å². The predicted octanol–water partition coefficient (Wildman–Crippen LogP) is -0.203. The number of benzene rings is 1. The molecule has 0 unspecified atom stereocenters. The van der Waals surface area contributed by atoms with Gasteiger partial charge in [0.1, 0.15) is 0 Å². The fraction of sp³-hybridized carbons (Fsp3) is 0.562. The summed E-state index contributed by atoms with van der Waals surface area (Å²) in [4.78, 5) is 14.2. The molecule has 1 saturated heterocycles. The Labute approximate surface area is 149 Å². The van der Waals surface area contributed by atoms with Crippen LogP contribution >= 0.6 is 0 Å². The Balaban J connectivity index is 1.99. The van der Waals surface area contributed by atoms with Crippen molar-refractivity contribution in [2.24, 2.45) is 0 Å². The van der Waals surface area contributed by atoms with Gasteiger partial charge in [-0.15, -0.1) is 0 Å². The SMILES string of the molecule is COCCNCC(=O)Nc1cccc(S(=O)(=O)N2CCN(C)CC2)c1. The number of piperazine rings is 1. The van der Waals surface area contributed by atoms with Crippen LogP contribution in [-0.2, 0) is 19.6 Å². The number of amides is 1. The summed E-state index contributed by atoms with van der Waals surface area (Å²) in [6.45, 7) is 3.59. The van der Waals surface area contributed by atoms with E-state index in [2.05, 4.69) is 15.5 Å². The Morgan fingerprint density at radius 3 is 2.64 bits per heavy atom. The Kier molecular flexibility index (Phi) is 7.33. The Hall–Kier alpha value is -1.52. The quantitative estimate of drug-likeness (QED) is 0.616. The summed E-state index contributed by atoms with van der Waals surface area (Å²) in [6.07, 6.45) is 0. The highest BCUT2D eigenvalue weighted by Crippen LogP contribution is 2.20. The number of hydrogen-bond acceptors (Lipinski definition) is 6. The standard InChI is InChI=1S/C16H26N4O4S/c1-19-7-9-20(10-8-19)25(22,23)15-5-3-4-14(12-15)18-16(21)13-17-6-11-24-2/h3-5,12,17H,6-11,13H2,1-2H3,(H,18,21). The molecule has 8 nitrogen and oxygen atoms in total. The lowest BCUT2D eigenvalue weighted by atomic mass is 10.3. The molecule has 1 fully saturated rings. The minimum Gasteiger partial charge on any atom is -0.383 e. The summed E-state index contributed by atoms with van der Waals surface area (Å²) >= 11 is 0. The zero-order valence-corrected chi connectivity index (χ0v) is 15.5. The largest absolute Gasteiger partial charge is 0.383 e. The molecule has 0 bridgehead atoms. The van der Waals surface area contributed by atoms with E-state index in [0.717, 1.165) is 0 Å². The lowest BCUT2D eigenvalue weighted by Gasteiger charge is -2.31. The third-order valence-electron chi connectivity index (χ3n) is 3.99. The van der Waals surface area contributed by atoms with Gasteiger partial charge in [0, 0.05) is 45.5 Å². The topological polar surface area (TPSA) is 91.0 Å². The molecule has 1 amide bonds. The van der Waals surface area contributed by atoms with E-state index >= 15 is 0 Å². The van der Waals surface area contributed by atoms with E-state index in [1.165, 1.54) is 10.4 Å². The maximum atomic E-state index is 12.7. The van der Waals surface area contributed by atoms with Crippen LogP contribution in [0.2, 0.25) is 0 Å². The number of carbonyl (C=O) groups is 1. The molecule has 1 heterocycles. The molecule has 0 aromatic heterocycles. The second-order valence-corrected chi connectivity index (χ2v) is 7.89. The Bertz CT molecular complexity index is 672. The summed E-state index contributed by atoms with van der Waals surface area (Å²) < 4.78 is 31.9. The van der Waals surface area contributed by atoms with Crippen molar-refractivity contribution in [3.05, 3.63) is 24.3 Å². The molecule has 140 valence electrons. The van der Waals surface area contributed by atoms with Gasteiger partial charge < -0.3 is 20.3 Å². The Morgan fingerprint density at radius 2 is 1.96 bits per heavy atom. The second-order valence-electron chi connectivity index (χ2n) is 5.95. The first-order chi connectivity index (χ1) is 11.9. The lowest BCUT2D eigenvalue weighted by molar-refractivity contribution is -0.115. The minimum atomic E-state index is -3.54. The van der Waals surface area contributed by atoms with Crippen LogP contribution in [-0.4, -0.2) is 83.6 Å². The predicted molar refractivity (Wildman–Crippen MR) is 96.1 cm³/mol. The van der Waals surface area contributed by atoms with Crippen LogP contribution in [0.5, 0.6) is 0 Å². The molecule has 2 N–H and O–H groups in total. The van der Waals surface area contributed by atoms with Crippen LogP contribution in [0, 0.1) is 0 Å². The Morgan fingerprint density at radius 1 is 1.24 bits per heavy atom. The van der Waals surface area contributed by atoms with E-state index in [1.807, 2.05) is 7.05 Å². The molecular formula is C16H26N4O4S. The number of anilines is 1. The van der Waals surface area contributed by atoms with Gasteiger partial charge >= 0.3 is 0 Å². The van der Waals surface area contributed by atoms with Crippen molar-refractivity contribution in [2.45, 2.75) is 4.90 Å². The van der Waals surface area contributed by atoms with E-state index in [4.69, 9.17) is 4.74 Å². The monoisotopic (exact) mass is 370 g/mol. The molecule has 1 aliphatic heterocycles. The van der Waals surface area contributed by atoms with Gasteiger partial charge in [0.2, 0.25) is 15.9 Å². The molecular weight excluding hydrogens is 344 g/mol. The second kappa shape index (κ2) is 9.25. The molecule has 25 heavy (non-hydrogen) atoms. The maximum Gasteiger partial charge on any atom is 0.243 e. The molecule has 1 aliphatic rings. The van der Waals surface area contributed by atoms with Crippen molar-refractivity contribution in [1.82, 2.24) is 14.5 Å². The van der Waals surface area contributed by atoms with Crippen molar-refractivity contribution in [3.63, 3.8) is 0 Å². The first-order valence-electron chi connectivity index (χ1n) is 8.22. The van der Waals surface area contributed by atoms with E-state index in [-0.39, 0.29) is 17.3 Å². The van der Waals surface area contributed by atoms with Crippen LogP contribution in [0.1, 0.15) is 0 Å². The highest BCUT2D eigenvalue weighted by atomic mass is 32.2. The summed E-state index contributed by atoms with van der Waals surface area (Å²) in [5.74, 6) is -0.231. The number of carbonyl (C=O) groups excluding carboxylic acids is 1. The summed E-state index contributed by atoms with van der Waals surface area (Å²) in [6, 6.07) is 6.37. The molecule has 0 spiro atoms. The van der Waals surface area contributed by atoms with E-state index < -0.39 is 10.0 Å². The molecule has 0 radical (unpaired) electrons. The lowest BCUT2D eigenvalue weighted by Crippen LogP contribution is -2.47. The van der Waals surface area contributed by atoms with Crippen LogP contribution in [0.15, 0.2) is 29.2 Å². The first-order valence-corrected chi connectivity index (χ1v) is 9.66. The van der Waals surface area contributed by atoms with Gasteiger partial charge in [-0.2, -0.15) is 4.31 Å². The van der Waals surface area contributed by atoms with Gasteiger partial charge in [0.05, 0.1) is 18.0 Å². The molecule has 0 aliphatic carbocycles. The fourth-order valence-electron chi connectivity index (χ4n) is 2.49. The van der Waals surface area contributed by atoms with Crippen LogP contribution in [0.4, 0.5) is 5.69 Å². The van der Waals surface area contributed by atoms with Crippen molar-refractivity contribution >= 4 is 21.6 Å². The molecule has 1 aromatic carbocycles. The molecule has 0 atom stereocenters. The fourth-order valence-corrected chi connectivity index (χ4v) is 3.96. The van der Waals surface area contributed by atoms with E-state index in [9.17, 15) is 13.2 Å². The van der Waals surface area contributed by atoms with Crippen molar-refractivity contribution < 1.29 is 17.9 Å². The van der Waals surface area contributed by atoms with Crippen LogP contribution < -0.4 is 10.6 Å². The average Bonchev–Trinajstić information content (AvgIpc) is 2.59. The minimum absolute atomic E-state index is 0.138. The number of nitrogens with zero attached hydrogens (tertiary/aromatic N) is 2. The first kappa shape index (κ1) is 19.8. The number of rotatable bonds is 8. The van der Waals surface area contributed by atoms with Crippen LogP contribution in [0.25, 0.3) is 0 Å². The zero-order chi connectivity index (χ0) is 18.3. The third-order valence-corrected chi connectivity index (χ3v) is 5.88. The maximum absolute atomic E-state index is 12.7. The van der Waals surface area contributed by atoms with E-state index in [1.54, 1.807) is 25.3 Å². The van der Waals surface area contributed by atoms with Crippen molar-refractivity contribution in [3.8, 4) is 0 Å². The number of methoxy groups -OCH3 is 1. The molecule has 2 rings (SSSR count). The van der Waals surface area contributed by atoms with Gasteiger partial charge in [-0.25, -0.2) is 8.42 Å². The molecule has 1 aromatic rings. The number of sulfonamides is 1. The summed E-state index contributed by atoms with van der Waals surface area (Å²) in [5.41, 5.74) is 0.466. The number of nitrogens with one attached hydrogen (secondary N) is 2. The summed E-state index contributed by atoms with van der Waals surface area (Å²) in [7, 11) is 0.0195. The van der Waals surface area contributed by atoms with Gasteiger partial charge in [0.25, 0.3) is 0 Å². The smallest absolute Gasteiger partial charge is 0.243 e. The normalized spacial score (nSPS) is 16.7. The molecule has 0 saturated carbocycles. The summed E-state index contributed by atoms with van der Waals surface area (Å²) in [5, 5.41) is 5.65. The van der Waals surface area contributed by atoms with Gasteiger partial charge in [-0.3, -0.25) is 4.79 Å². The van der Waals surface area contributed by atoms with Gasteiger partial charge in [0.15, 0.2) is 0 Å². The highest BCUT2D eigenvalue weighted by Gasteiger charge is 2.27. The van der Waals surface area contributed by atoms with Crippen LogP contribution in [0.3, 0.4) is 0 Å². The van der Waals surface area contributed by atoms with Crippen molar-refractivity contribution in [2.75, 3.05) is 65.3 Å². The highest BCUT2D eigenvalue weighted by molar-refractivity contribution is 7.89. The number of hydrogen-bond donors (Lipinski definition) is 2. The van der Waals surface area contributed by atoms with Gasteiger partial charge in [-0.05, 0) is 25.2 Å². The number of ether oxygens (including phenoxy) is 1. The van der Waals surface area contributed by atoms with E-state index in [0.29, 0.717) is 45.0 Å².